The highest BCUT2D eigenvalue weighted by Gasteiger charge is 2.25. The molecule has 8 heteroatoms. The van der Waals surface area contributed by atoms with Gasteiger partial charge in [0.25, 0.3) is 11.8 Å². The Balaban J connectivity index is 1.31. The fourth-order valence-corrected chi connectivity index (χ4v) is 3.95. The predicted molar refractivity (Wildman–Crippen MR) is 141 cm³/mol. The summed E-state index contributed by atoms with van der Waals surface area (Å²) in [7, 11) is 0. The van der Waals surface area contributed by atoms with Crippen molar-refractivity contribution in [2.24, 2.45) is 0 Å². The third-order valence-corrected chi connectivity index (χ3v) is 6.00. The first-order chi connectivity index (χ1) is 17.4. The summed E-state index contributed by atoms with van der Waals surface area (Å²) in [5.74, 6) is 1.64. The second kappa shape index (κ2) is 11.8. The molecule has 0 bridgehead atoms. The molecule has 1 N–H and O–H groups in total. The molecule has 0 fully saturated rings. The van der Waals surface area contributed by atoms with Gasteiger partial charge in [0.05, 0.1) is 12.3 Å². The third kappa shape index (κ3) is 6.70. The molecule has 0 atom stereocenters. The predicted octanol–water partition coefficient (Wildman–Crippen LogP) is 5.56. The Morgan fingerprint density at radius 2 is 1.83 bits per heavy atom. The Morgan fingerprint density at radius 3 is 2.64 bits per heavy atom. The molecule has 4 rings (SSSR count). The first-order valence-electron chi connectivity index (χ1n) is 11.8. The molecule has 36 heavy (non-hydrogen) atoms. The highest BCUT2D eigenvalue weighted by molar-refractivity contribution is 6.30. The van der Waals surface area contributed by atoms with Crippen LogP contribution in [0.4, 0.5) is 11.4 Å². The first kappa shape index (κ1) is 25.4. The van der Waals surface area contributed by atoms with E-state index in [1.165, 1.54) is 0 Å². The van der Waals surface area contributed by atoms with Gasteiger partial charge in [0.2, 0.25) is 0 Å². The van der Waals surface area contributed by atoms with Crippen LogP contribution in [-0.4, -0.2) is 38.2 Å². The number of ether oxygens (including phenoxy) is 3. The molecule has 0 saturated heterocycles. The molecule has 3 aromatic carbocycles. The summed E-state index contributed by atoms with van der Waals surface area (Å²) in [5.41, 5.74) is 3.23. The number of unbranched alkanes of at least 4 members (excludes halogenated alkanes) is 1. The van der Waals surface area contributed by atoms with Gasteiger partial charge in [-0.15, -0.1) is 0 Å². The van der Waals surface area contributed by atoms with E-state index in [-0.39, 0.29) is 25.0 Å². The van der Waals surface area contributed by atoms with Gasteiger partial charge >= 0.3 is 0 Å². The van der Waals surface area contributed by atoms with Gasteiger partial charge in [-0.25, -0.2) is 0 Å². The Hall–Kier alpha value is -3.71. The number of benzene rings is 3. The number of carbonyl (C=O) groups is 2. The summed E-state index contributed by atoms with van der Waals surface area (Å²) in [6, 6.07) is 18.4. The lowest BCUT2D eigenvalue weighted by Crippen LogP contribution is -2.39. The zero-order chi connectivity index (χ0) is 25.5. The van der Waals surface area contributed by atoms with Crippen LogP contribution in [0.2, 0.25) is 5.02 Å². The monoisotopic (exact) mass is 508 g/mol. The topological polar surface area (TPSA) is 77.1 Å². The van der Waals surface area contributed by atoms with E-state index in [1.807, 2.05) is 44.2 Å². The highest BCUT2D eigenvalue weighted by atomic mass is 35.5. The lowest BCUT2D eigenvalue weighted by atomic mass is 10.1. The van der Waals surface area contributed by atoms with Gasteiger partial charge in [0.15, 0.2) is 13.2 Å². The van der Waals surface area contributed by atoms with Gasteiger partial charge in [-0.1, -0.05) is 23.7 Å². The molecule has 0 spiro atoms. The van der Waals surface area contributed by atoms with E-state index in [0.29, 0.717) is 41.0 Å². The fraction of sp³-hybridized carbons (Fsp3) is 0.286. The molecule has 1 aliphatic heterocycles. The van der Waals surface area contributed by atoms with Gasteiger partial charge in [-0.2, -0.15) is 0 Å². The number of aryl methyl sites for hydroxylation is 2. The van der Waals surface area contributed by atoms with E-state index in [4.69, 9.17) is 25.8 Å². The number of hydrogen-bond donors (Lipinski definition) is 1. The summed E-state index contributed by atoms with van der Waals surface area (Å²) >= 11 is 5.89. The van der Waals surface area contributed by atoms with Gasteiger partial charge in [0.1, 0.15) is 17.2 Å². The van der Waals surface area contributed by atoms with Crippen LogP contribution in [0.5, 0.6) is 17.2 Å². The summed E-state index contributed by atoms with van der Waals surface area (Å²) < 4.78 is 17.0. The van der Waals surface area contributed by atoms with E-state index in [9.17, 15) is 9.59 Å². The first-order valence-corrected chi connectivity index (χ1v) is 12.2. The van der Waals surface area contributed by atoms with Crippen molar-refractivity contribution in [2.75, 3.05) is 36.6 Å². The van der Waals surface area contributed by atoms with Crippen molar-refractivity contribution in [3.05, 3.63) is 76.8 Å². The molecule has 2 amide bonds. The largest absolute Gasteiger partial charge is 0.494 e. The fourth-order valence-electron chi connectivity index (χ4n) is 3.82. The molecule has 7 nitrogen and oxygen atoms in total. The zero-order valence-corrected chi connectivity index (χ0v) is 21.1. The average molecular weight is 509 g/mol. The number of rotatable bonds is 10. The number of carbonyl (C=O) groups excluding carboxylic acids is 2. The third-order valence-electron chi connectivity index (χ3n) is 5.75. The number of halogens is 1. The molecule has 0 unspecified atom stereocenters. The van der Waals surface area contributed by atoms with Crippen LogP contribution in [0.1, 0.15) is 24.0 Å². The van der Waals surface area contributed by atoms with Crippen molar-refractivity contribution >= 4 is 34.8 Å². The van der Waals surface area contributed by atoms with Crippen LogP contribution in [-0.2, 0) is 9.59 Å². The molecule has 1 heterocycles. The highest BCUT2D eigenvalue weighted by Crippen LogP contribution is 2.35. The molecule has 0 aromatic heterocycles. The Morgan fingerprint density at radius 1 is 1.03 bits per heavy atom. The maximum absolute atomic E-state index is 12.6. The van der Waals surface area contributed by atoms with E-state index < -0.39 is 0 Å². The van der Waals surface area contributed by atoms with E-state index in [2.05, 4.69) is 5.32 Å². The molecule has 0 radical (unpaired) electrons. The molecule has 0 saturated carbocycles. The summed E-state index contributed by atoms with van der Waals surface area (Å²) in [4.78, 5) is 26.8. The van der Waals surface area contributed by atoms with Gasteiger partial charge < -0.3 is 24.4 Å². The van der Waals surface area contributed by atoms with Crippen LogP contribution in [0.25, 0.3) is 0 Å². The summed E-state index contributed by atoms with van der Waals surface area (Å²) in [6.45, 7) is 4.83. The van der Waals surface area contributed by atoms with Crippen molar-refractivity contribution in [3.63, 3.8) is 0 Å². The normalized spacial score (nSPS) is 12.5. The van der Waals surface area contributed by atoms with E-state index in [0.717, 1.165) is 29.7 Å². The molecule has 188 valence electrons. The minimum absolute atomic E-state index is 0.0103. The van der Waals surface area contributed by atoms with Crippen LogP contribution in [0.3, 0.4) is 0 Å². The average Bonchev–Trinajstić information content (AvgIpc) is 2.86. The zero-order valence-electron chi connectivity index (χ0n) is 20.4. The van der Waals surface area contributed by atoms with Gasteiger partial charge in [-0.05, 0) is 86.3 Å². The second-order valence-electron chi connectivity index (χ2n) is 8.63. The molecule has 3 aromatic rings. The Kier molecular flexibility index (Phi) is 8.33. The lowest BCUT2D eigenvalue weighted by Gasteiger charge is -2.30. The lowest BCUT2D eigenvalue weighted by molar-refractivity contribution is -0.121. The summed E-state index contributed by atoms with van der Waals surface area (Å²) in [6.07, 6.45) is 1.52. The van der Waals surface area contributed by atoms with Crippen molar-refractivity contribution in [3.8, 4) is 17.2 Å². The van der Waals surface area contributed by atoms with Crippen molar-refractivity contribution in [1.29, 1.82) is 0 Å². The minimum atomic E-state index is -0.287. The van der Waals surface area contributed by atoms with E-state index in [1.54, 1.807) is 35.2 Å². The maximum Gasteiger partial charge on any atom is 0.265 e. The number of fused-ring (bicyclic) bond motifs is 1. The SMILES string of the molecule is Cc1ccc(C)c(OCC(=O)Nc2ccc3c(c2)N(CCCCOc2ccc(Cl)cc2)C(=O)CO3)c1. The van der Waals surface area contributed by atoms with Crippen molar-refractivity contribution in [1.82, 2.24) is 0 Å². The van der Waals surface area contributed by atoms with Crippen LogP contribution < -0.4 is 24.4 Å². The number of amides is 2. The van der Waals surface area contributed by atoms with E-state index >= 15 is 0 Å². The van der Waals surface area contributed by atoms with Crippen molar-refractivity contribution in [2.45, 2.75) is 26.7 Å². The quantitative estimate of drug-likeness (QED) is 0.363. The number of anilines is 2. The second-order valence-corrected chi connectivity index (χ2v) is 9.07. The van der Waals surface area contributed by atoms with Gasteiger partial charge in [0, 0.05) is 17.3 Å². The standard InChI is InChI=1S/C28H29ClN2O5/c1-19-5-6-20(2)26(15-19)35-17-27(32)30-22-9-12-25-24(16-22)31(28(33)18-36-25)13-3-4-14-34-23-10-7-21(29)8-11-23/h5-12,15-16H,3-4,13-14,17-18H2,1-2H3,(H,30,32). The molecule has 1 aliphatic rings. The van der Waals surface area contributed by atoms with Crippen LogP contribution in [0, 0.1) is 13.8 Å². The number of nitrogens with one attached hydrogen (secondary N) is 1. The maximum atomic E-state index is 12.6. The molecular weight excluding hydrogens is 480 g/mol. The minimum Gasteiger partial charge on any atom is -0.494 e. The van der Waals surface area contributed by atoms with Crippen LogP contribution in [0.15, 0.2) is 60.7 Å². The van der Waals surface area contributed by atoms with Crippen molar-refractivity contribution < 1.29 is 23.8 Å². The van der Waals surface area contributed by atoms with Gasteiger partial charge in [-0.3, -0.25) is 9.59 Å². The smallest absolute Gasteiger partial charge is 0.265 e. The Labute approximate surface area is 215 Å². The van der Waals surface area contributed by atoms with Crippen LogP contribution >= 0.6 is 11.6 Å². The summed E-state index contributed by atoms with van der Waals surface area (Å²) in [5, 5.41) is 3.51. The number of nitrogens with zero attached hydrogens (tertiary/aromatic N) is 1. The number of hydrogen-bond acceptors (Lipinski definition) is 5. The Bertz CT molecular complexity index is 1230. The molecule has 0 aliphatic carbocycles. The molecular formula is C28H29ClN2O5.